The zero-order chi connectivity index (χ0) is 18.5. The molecule has 2 aliphatic heterocycles. The van der Waals surface area contributed by atoms with Crippen molar-refractivity contribution >= 4 is 23.2 Å². The summed E-state index contributed by atoms with van der Waals surface area (Å²) in [5.41, 5.74) is -0.0865. The number of nitrogens with one attached hydrogen (secondary N) is 3. The second kappa shape index (κ2) is 6.21. The fourth-order valence-corrected chi connectivity index (χ4v) is 3.80. The molecule has 2 aromatic rings. The normalized spacial score (nSPS) is 22.4. The topological polar surface area (TPSA) is 53.2 Å². The first kappa shape index (κ1) is 17.2. The molecule has 0 saturated carbocycles. The van der Waals surface area contributed by atoms with Crippen LogP contribution < -0.4 is 16.0 Å². The van der Waals surface area contributed by atoms with Crippen molar-refractivity contribution in [3.05, 3.63) is 63.7 Å². The van der Waals surface area contributed by atoms with Gasteiger partial charge in [-0.05, 0) is 25.1 Å². The summed E-state index contributed by atoms with van der Waals surface area (Å²) in [7, 11) is 0. The summed E-state index contributed by atoms with van der Waals surface area (Å²) in [6.45, 7) is 3.30. The maximum atomic E-state index is 15.4. The Labute approximate surface area is 154 Å². The number of carbonyl (C=O) groups excluding carboxylic acids is 1. The number of fused-ring (bicyclic) bond motifs is 1. The van der Waals surface area contributed by atoms with Crippen molar-refractivity contribution in [2.75, 3.05) is 25.0 Å². The zero-order valence-electron chi connectivity index (χ0n) is 14.1. The van der Waals surface area contributed by atoms with E-state index in [0.29, 0.717) is 5.69 Å². The Balaban J connectivity index is 1.89. The van der Waals surface area contributed by atoms with Crippen molar-refractivity contribution in [1.29, 1.82) is 0 Å². The Morgan fingerprint density at radius 3 is 2.65 bits per heavy atom. The average molecular weight is 378 g/mol. The second-order valence-electron chi connectivity index (χ2n) is 6.97. The number of hydrogen-bond acceptors (Lipinski definition) is 3. The largest absolute Gasteiger partial charge is 0.377 e. The molecule has 0 aliphatic carbocycles. The fraction of sp³-hybridized carbons (Fsp3) is 0.316. The van der Waals surface area contributed by atoms with Gasteiger partial charge in [0.15, 0.2) is 5.82 Å². The molecule has 4 rings (SSSR count). The number of benzene rings is 2. The molecule has 1 fully saturated rings. The van der Waals surface area contributed by atoms with E-state index in [-0.39, 0.29) is 40.2 Å². The van der Waals surface area contributed by atoms with Gasteiger partial charge in [0, 0.05) is 41.7 Å². The van der Waals surface area contributed by atoms with E-state index in [0.717, 1.165) is 13.1 Å². The van der Waals surface area contributed by atoms with Crippen LogP contribution in [0.15, 0.2) is 30.3 Å². The maximum Gasteiger partial charge on any atom is 0.251 e. The van der Waals surface area contributed by atoms with Crippen LogP contribution in [0.4, 0.5) is 14.5 Å². The van der Waals surface area contributed by atoms with Crippen LogP contribution in [0.3, 0.4) is 0 Å². The number of anilines is 1. The number of hydrogen-bond donors (Lipinski definition) is 3. The number of halogens is 3. The summed E-state index contributed by atoms with van der Waals surface area (Å²) in [5, 5.41) is 8.96. The van der Waals surface area contributed by atoms with E-state index in [1.807, 2.05) is 0 Å². The van der Waals surface area contributed by atoms with Crippen LogP contribution in [0, 0.1) is 11.6 Å². The van der Waals surface area contributed by atoms with Gasteiger partial charge in [-0.2, -0.15) is 0 Å². The third-order valence-corrected chi connectivity index (χ3v) is 5.52. The smallest absolute Gasteiger partial charge is 0.251 e. The van der Waals surface area contributed by atoms with Gasteiger partial charge in [-0.25, -0.2) is 8.78 Å². The van der Waals surface area contributed by atoms with Crippen molar-refractivity contribution < 1.29 is 13.6 Å². The van der Waals surface area contributed by atoms with Crippen LogP contribution in [0.1, 0.15) is 28.4 Å². The van der Waals surface area contributed by atoms with Gasteiger partial charge in [-0.15, -0.1) is 0 Å². The van der Waals surface area contributed by atoms with Crippen molar-refractivity contribution in [2.24, 2.45) is 0 Å². The highest BCUT2D eigenvalue weighted by Crippen LogP contribution is 2.42. The van der Waals surface area contributed by atoms with E-state index in [2.05, 4.69) is 16.0 Å². The summed E-state index contributed by atoms with van der Waals surface area (Å²) >= 11 is 5.94. The lowest BCUT2D eigenvalue weighted by molar-refractivity contribution is 0.0930. The monoisotopic (exact) mass is 377 g/mol. The summed E-state index contributed by atoms with van der Waals surface area (Å²) in [6, 6.07) is 7.94. The van der Waals surface area contributed by atoms with Crippen LogP contribution in [0.2, 0.25) is 5.02 Å². The molecule has 4 nitrogen and oxygen atoms in total. The first-order valence-electron chi connectivity index (χ1n) is 8.45. The summed E-state index contributed by atoms with van der Waals surface area (Å²) in [4.78, 5) is 12.3. The molecule has 1 atom stereocenters. The molecule has 1 unspecified atom stereocenters. The molecular formula is C19H18ClF2N3O. The van der Waals surface area contributed by atoms with E-state index < -0.39 is 17.0 Å². The van der Waals surface area contributed by atoms with Crippen molar-refractivity contribution in [1.82, 2.24) is 10.6 Å². The van der Waals surface area contributed by atoms with Crippen LogP contribution in [-0.4, -0.2) is 31.6 Å². The molecule has 1 saturated heterocycles. The third-order valence-electron chi connectivity index (χ3n) is 5.23. The van der Waals surface area contributed by atoms with Gasteiger partial charge in [0.05, 0.1) is 16.8 Å². The molecule has 2 aliphatic rings. The number of amides is 1. The standard InChI is InChI=1S/C19H18ClF2N3O/c1-19(12-3-2-4-13(20)16(12)21)9-24-18(26)11-5-6-14(17(22)15(11)19)25-10-7-23-8-10/h2-6,10,23,25H,7-9H2,1H3,(H,24,26). The number of carbonyl (C=O) groups is 1. The molecular weight excluding hydrogens is 360 g/mol. The highest BCUT2D eigenvalue weighted by molar-refractivity contribution is 6.30. The molecule has 0 radical (unpaired) electrons. The predicted octanol–water partition coefficient (Wildman–Crippen LogP) is 3.05. The minimum Gasteiger partial charge on any atom is -0.377 e. The van der Waals surface area contributed by atoms with Gasteiger partial charge in [-0.1, -0.05) is 23.7 Å². The molecule has 2 aromatic carbocycles. The lowest BCUT2D eigenvalue weighted by Gasteiger charge is -2.38. The first-order chi connectivity index (χ1) is 12.4. The zero-order valence-corrected chi connectivity index (χ0v) is 14.9. The van der Waals surface area contributed by atoms with Gasteiger partial charge >= 0.3 is 0 Å². The highest BCUT2D eigenvalue weighted by Gasteiger charge is 2.42. The molecule has 0 bridgehead atoms. The first-order valence-corrected chi connectivity index (χ1v) is 8.82. The van der Waals surface area contributed by atoms with E-state index in [4.69, 9.17) is 11.6 Å². The molecule has 0 aromatic heterocycles. The Kier molecular flexibility index (Phi) is 4.12. The number of rotatable bonds is 3. The quantitative estimate of drug-likeness (QED) is 0.770. The molecule has 3 N–H and O–H groups in total. The molecule has 1 amide bonds. The van der Waals surface area contributed by atoms with E-state index in [1.54, 1.807) is 31.2 Å². The maximum absolute atomic E-state index is 15.4. The van der Waals surface area contributed by atoms with Gasteiger partial charge in [-0.3, -0.25) is 4.79 Å². The molecule has 26 heavy (non-hydrogen) atoms. The summed E-state index contributed by atoms with van der Waals surface area (Å²) in [5.74, 6) is -1.48. The van der Waals surface area contributed by atoms with Crippen LogP contribution in [0.5, 0.6) is 0 Å². The van der Waals surface area contributed by atoms with E-state index in [9.17, 15) is 9.18 Å². The van der Waals surface area contributed by atoms with Gasteiger partial charge < -0.3 is 16.0 Å². The highest BCUT2D eigenvalue weighted by atomic mass is 35.5. The van der Waals surface area contributed by atoms with Gasteiger partial charge in [0.25, 0.3) is 5.91 Å². The van der Waals surface area contributed by atoms with E-state index in [1.165, 1.54) is 6.07 Å². The lowest BCUT2D eigenvalue weighted by Crippen LogP contribution is -2.52. The Morgan fingerprint density at radius 1 is 1.19 bits per heavy atom. The fourth-order valence-electron chi connectivity index (χ4n) is 3.63. The minimum atomic E-state index is -1.07. The molecule has 7 heteroatoms. The Morgan fingerprint density at radius 2 is 1.96 bits per heavy atom. The summed E-state index contributed by atoms with van der Waals surface area (Å²) in [6.07, 6.45) is 0. The molecule has 136 valence electrons. The lowest BCUT2D eigenvalue weighted by atomic mass is 9.71. The molecule has 0 spiro atoms. The van der Waals surface area contributed by atoms with Crippen LogP contribution >= 0.6 is 11.6 Å². The minimum absolute atomic E-state index is 0.0302. The predicted molar refractivity (Wildman–Crippen MR) is 96.9 cm³/mol. The average Bonchev–Trinajstić information content (AvgIpc) is 2.58. The SMILES string of the molecule is CC1(c2cccc(Cl)c2F)CNC(=O)c2ccc(NC3CNC3)c(F)c21. The van der Waals surface area contributed by atoms with E-state index >= 15 is 4.39 Å². The Bertz CT molecular complexity index is 901. The Hall–Kier alpha value is -2.18. The van der Waals surface area contributed by atoms with Gasteiger partial charge in [0.2, 0.25) is 0 Å². The third kappa shape index (κ3) is 2.56. The van der Waals surface area contributed by atoms with Crippen molar-refractivity contribution in [3.63, 3.8) is 0 Å². The summed E-state index contributed by atoms with van der Waals surface area (Å²) < 4.78 is 30.2. The van der Waals surface area contributed by atoms with Crippen molar-refractivity contribution in [3.8, 4) is 0 Å². The van der Waals surface area contributed by atoms with Crippen LogP contribution in [-0.2, 0) is 5.41 Å². The van der Waals surface area contributed by atoms with Crippen molar-refractivity contribution in [2.45, 2.75) is 18.4 Å². The molecule has 2 heterocycles. The second-order valence-corrected chi connectivity index (χ2v) is 7.37. The van der Waals surface area contributed by atoms with Crippen LogP contribution in [0.25, 0.3) is 0 Å². The van der Waals surface area contributed by atoms with Gasteiger partial charge in [0.1, 0.15) is 5.82 Å².